The van der Waals surface area contributed by atoms with Gasteiger partial charge in [0.25, 0.3) is 0 Å². The van der Waals surface area contributed by atoms with Crippen LogP contribution >= 0.6 is 0 Å². The van der Waals surface area contributed by atoms with Crippen molar-refractivity contribution in [3.8, 4) is 62.1 Å². The van der Waals surface area contributed by atoms with Gasteiger partial charge in [-0.25, -0.2) is 15.0 Å². The third-order valence-corrected chi connectivity index (χ3v) is 10.3. The van der Waals surface area contributed by atoms with Crippen molar-refractivity contribution in [3.05, 3.63) is 194 Å². The van der Waals surface area contributed by atoms with Crippen molar-refractivity contribution < 1.29 is 11.3 Å². The minimum Gasteiger partial charge on any atom is -0.455 e. The van der Waals surface area contributed by atoms with Gasteiger partial charge < -0.3 is 8.98 Å². The summed E-state index contributed by atoms with van der Waals surface area (Å²) in [6, 6.07) is 52.4. The van der Waals surface area contributed by atoms with Crippen LogP contribution in [-0.2, 0) is 0 Å². The first-order valence-electron chi connectivity index (χ1n) is 20.9. The van der Waals surface area contributed by atoms with Crippen LogP contribution in [0.1, 0.15) is 6.85 Å². The van der Waals surface area contributed by atoms with E-state index >= 15 is 0 Å². The first-order valence-corrected chi connectivity index (χ1v) is 18.4. The average molecular weight is 722 g/mol. The predicted molar refractivity (Wildman–Crippen MR) is 229 cm³/mol. The summed E-state index contributed by atoms with van der Waals surface area (Å²) in [5, 5.41) is 3.64. The molecule has 3 heterocycles. The Labute approximate surface area is 329 Å². The Morgan fingerprint density at radius 3 is 1.88 bits per heavy atom. The molecular formula is C51H32N4O. The van der Waals surface area contributed by atoms with E-state index in [9.17, 15) is 0 Å². The molecule has 0 atom stereocenters. The van der Waals surface area contributed by atoms with E-state index in [2.05, 4.69) is 53.1 Å². The number of para-hydroxylation sites is 2. The molecule has 56 heavy (non-hydrogen) atoms. The summed E-state index contributed by atoms with van der Waals surface area (Å²) >= 11 is 0. The summed E-state index contributed by atoms with van der Waals surface area (Å²) < 4.78 is 51.9. The van der Waals surface area contributed by atoms with Gasteiger partial charge in [-0.05, 0) is 65.2 Å². The lowest BCUT2D eigenvalue weighted by Crippen LogP contribution is -2.00. The summed E-state index contributed by atoms with van der Waals surface area (Å²) in [6.45, 7) is 0. The molecule has 262 valence electrons. The Hall–Kier alpha value is -7.63. The van der Waals surface area contributed by atoms with Gasteiger partial charge in [0.2, 0.25) is 0 Å². The van der Waals surface area contributed by atoms with Crippen LogP contribution in [0.5, 0.6) is 0 Å². The van der Waals surface area contributed by atoms with Crippen molar-refractivity contribution in [2.24, 2.45) is 0 Å². The summed E-state index contributed by atoms with van der Waals surface area (Å²) in [5.74, 6) is 1.49. The van der Waals surface area contributed by atoms with Crippen molar-refractivity contribution >= 4 is 43.7 Å². The maximum absolute atomic E-state index is 8.89. The molecule has 0 aliphatic heterocycles. The van der Waals surface area contributed by atoms with E-state index in [1.165, 1.54) is 0 Å². The van der Waals surface area contributed by atoms with Gasteiger partial charge in [0.15, 0.2) is 17.5 Å². The number of benzene rings is 8. The quantitative estimate of drug-likeness (QED) is 0.172. The monoisotopic (exact) mass is 721 g/mol. The summed E-state index contributed by atoms with van der Waals surface area (Å²) in [4.78, 5) is 15.4. The first kappa shape index (κ1) is 27.0. The van der Waals surface area contributed by atoms with Crippen molar-refractivity contribution in [2.75, 3.05) is 0 Å². The number of hydrogen-bond acceptors (Lipinski definition) is 4. The molecule has 0 spiro atoms. The van der Waals surface area contributed by atoms with E-state index in [0.29, 0.717) is 39.8 Å². The van der Waals surface area contributed by atoms with Crippen LogP contribution in [0.2, 0.25) is 0 Å². The molecule has 0 aliphatic carbocycles. The van der Waals surface area contributed by atoms with Crippen LogP contribution in [-0.4, -0.2) is 19.5 Å². The number of hydrogen-bond donors (Lipinski definition) is 0. The molecule has 0 radical (unpaired) electrons. The molecule has 5 heteroatoms. The average Bonchev–Trinajstić information content (AvgIpc) is 3.86. The van der Waals surface area contributed by atoms with E-state index < -0.39 is 18.1 Å². The number of nitrogens with zero attached hydrogens (tertiary/aromatic N) is 4. The van der Waals surface area contributed by atoms with Gasteiger partial charge >= 0.3 is 0 Å². The second-order valence-corrected chi connectivity index (χ2v) is 13.6. The Bertz CT molecular complexity index is 3500. The second kappa shape index (κ2) is 13.0. The molecule has 0 unspecified atom stereocenters. The van der Waals surface area contributed by atoms with E-state index in [-0.39, 0.29) is 17.6 Å². The molecular weight excluding hydrogens is 685 g/mol. The Morgan fingerprint density at radius 2 is 1.09 bits per heavy atom. The number of furan rings is 1. The molecule has 5 nitrogen and oxygen atoms in total. The first-order chi connectivity index (χ1) is 29.8. The smallest absolute Gasteiger partial charge is 0.164 e. The number of rotatable bonds is 6. The minimum atomic E-state index is -0.451. The Balaban J connectivity index is 1.14. The number of fused-ring (bicyclic) bond motifs is 6. The van der Waals surface area contributed by atoms with Crippen LogP contribution in [0, 0.1) is 0 Å². The van der Waals surface area contributed by atoms with Gasteiger partial charge in [0, 0.05) is 49.5 Å². The molecule has 0 amide bonds. The fourth-order valence-corrected chi connectivity index (χ4v) is 7.79. The fourth-order valence-electron chi connectivity index (χ4n) is 7.79. The van der Waals surface area contributed by atoms with Crippen LogP contribution in [0.15, 0.2) is 198 Å². The van der Waals surface area contributed by atoms with E-state index in [1.54, 1.807) is 0 Å². The van der Waals surface area contributed by atoms with Gasteiger partial charge in [0.05, 0.1) is 17.9 Å². The third-order valence-electron chi connectivity index (χ3n) is 10.3. The zero-order chi connectivity index (χ0) is 41.4. The fraction of sp³-hybridized carbons (Fsp3) is 0. The summed E-state index contributed by atoms with van der Waals surface area (Å²) in [5.41, 5.74) is 8.71. The standard InChI is InChI=1S/C51H32N4O/c1-5-16-33(17-6-1)37-30-42(34-18-7-2-8-19-34)48-43(31-37)39-29-28-36(32-46(39)56-48)50-52-49(35-20-9-3-10-21-35)53-51(54-50)41-25-15-27-45-47(41)40-24-13-14-26-44(40)55(45)38-22-11-4-12-23-38/h1-32H/i2D,7D,8D,18D,19D. The lowest BCUT2D eigenvalue weighted by Gasteiger charge is -2.10. The molecule has 11 aromatic rings. The highest BCUT2D eigenvalue weighted by Crippen LogP contribution is 2.42. The van der Waals surface area contributed by atoms with Crippen LogP contribution < -0.4 is 0 Å². The van der Waals surface area contributed by atoms with E-state index in [4.69, 9.17) is 26.2 Å². The highest BCUT2D eigenvalue weighted by atomic mass is 16.3. The van der Waals surface area contributed by atoms with Gasteiger partial charge in [0.1, 0.15) is 11.2 Å². The van der Waals surface area contributed by atoms with Gasteiger partial charge in [-0.15, -0.1) is 0 Å². The topological polar surface area (TPSA) is 56.7 Å². The SMILES string of the molecule is [2H]c1c([2H])c([2H])c(-c2cc(-c3ccccc3)cc3c2oc2cc(-c4nc(-c5ccccc5)nc(-c5cccc6c5c5ccccc5n6-c5ccccc5)n4)ccc23)c([2H])c1[2H]. The minimum absolute atomic E-state index is 0.0745. The van der Waals surface area contributed by atoms with Crippen LogP contribution in [0.4, 0.5) is 0 Å². The molecule has 0 saturated heterocycles. The van der Waals surface area contributed by atoms with E-state index in [1.807, 2.05) is 115 Å². The molecule has 0 saturated carbocycles. The molecule has 0 fully saturated rings. The molecule has 0 aliphatic rings. The predicted octanol–water partition coefficient (Wildman–Crippen LogP) is 13.2. The highest BCUT2D eigenvalue weighted by molar-refractivity contribution is 6.15. The lowest BCUT2D eigenvalue weighted by atomic mass is 9.95. The lowest BCUT2D eigenvalue weighted by molar-refractivity contribution is 0.670. The van der Waals surface area contributed by atoms with Crippen molar-refractivity contribution in [3.63, 3.8) is 0 Å². The largest absolute Gasteiger partial charge is 0.455 e. The Kier molecular flexibility index (Phi) is 6.29. The maximum atomic E-state index is 8.89. The third kappa shape index (κ3) is 5.29. The van der Waals surface area contributed by atoms with Gasteiger partial charge in [-0.1, -0.05) is 145 Å². The highest BCUT2D eigenvalue weighted by Gasteiger charge is 2.21. The van der Waals surface area contributed by atoms with E-state index in [0.717, 1.165) is 60.5 Å². The van der Waals surface area contributed by atoms with Crippen molar-refractivity contribution in [2.45, 2.75) is 0 Å². The number of aromatic nitrogens is 4. The van der Waals surface area contributed by atoms with Gasteiger partial charge in [-0.2, -0.15) is 0 Å². The van der Waals surface area contributed by atoms with Crippen molar-refractivity contribution in [1.82, 2.24) is 19.5 Å². The summed E-state index contributed by atoms with van der Waals surface area (Å²) in [7, 11) is 0. The van der Waals surface area contributed by atoms with Gasteiger partial charge in [-0.3, -0.25) is 0 Å². The summed E-state index contributed by atoms with van der Waals surface area (Å²) in [6.07, 6.45) is 0. The second-order valence-electron chi connectivity index (χ2n) is 13.6. The van der Waals surface area contributed by atoms with Crippen LogP contribution in [0.25, 0.3) is 106 Å². The van der Waals surface area contributed by atoms with Crippen molar-refractivity contribution in [1.29, 1.82) is 0 Å². The zero-order valence-corrected chi connectivity index (χ0v) is 29.8. The molecule has 11 rings (SSSR count). The molecule has 0 bridgehead atoms. The Morgan fingerprint density at radius 1 is 0.429 bits per heavy atom. The normalized spacial score (nSPS) is 12.8. The molecule has 0 N–H and O–H groups in total. The molecule has 8 aromatic carbocycles. The molecule has 3 aromatic heterocycles. The van der Waals surface area contributed by atoms with Crippen LogP contribution in [0.3, 0.4) is 0 Å². The maximum Gasteiger partial charge on any atom is 0.164 e. The zero-order valence-electron chi connectivity index (χ0n) is 34.8.